The van der Waals surface area contributed by atoms with Crippen molar-refractivity contribution in [2.45, 2.75) is 25.0 Å². The summed E-state index contributed by atoms with van der Waals surface area (Å²) in [6.07, 6.45) is 4.62. The molecule has 1 heterocycles. The van der Waals surface area contributed by atoms with Crippen LogP contribution >= 0.6 is 11.7 Å². The van der Waals surface area contributed by atoms with Gasteiger partial charge in [-0.15, -0.1) is 0 Å². The maximum Gasteiger partial charge on any atom is 0.119 e. The van der Waals surface area contributed by atoms with Gasteiger partial charge in [-0.1, -0.05) is 12.1 Å². The monoisotopic (exact) mass is 261 g/mol. The second-order valence-electron chi connectivity index (χ2n) is 4.44. The second kappa shape index (κ2) is 5.04. The number of nitrogens with zero attached hydrogens (tertiary/aromatic N) is 2. The summed E-state index contributed by atoms with van der Waals surface area (Å²) in [5, 5.41) is 3.26. The van der Waals surface area contributed by atoms with Crippen molar-refractivity contribution < 1.29 is 4.74 Å². The molecule has 2 aromatic rings. The zero-order chi connectivity index (χ0) is 12.4. The molecule has 1 N–H and O–H groups in total. The Hall–Kier alpha value is -1.46. The zero-order valence-corrected chi connectivity index (χ0v) is 11.0. The lowest BCUT2D eigenvalue weighted by Gasteiger charge is -2.14. The molecule has 0 spiro atoms. The molecule has 1 aliphatic rings. The number of ether oxygens (including phenoxy) is 1. The van der Waals surface area contributed by atoms with E-state index in [9.17, 15) is 0 Å². The minimum Gasteiger partial charge on any atom is -0.490 e. The molecule has 0 aliphatic heterocycles. The minimum atomic E-state index is 0.0960. The third-order valence-corrected chi connectivity index (χ3v) is 3.50. The van der Waals surface area contributed by atoms with Crippen molar-refractivity contribution in [3.05, 3.63) is 41.7 Å². The Bertz CT molecular complexity index is 493. The van der Waals surface area contributed by atoms with Crippen molar-refractivity contribution in [3.8, 4) is 5.75 Å². The first-order valence-electron chi connectivity index (χ1n) is 6.08. The van der Waals surface area contributed by atoms with E-state index in [0.29, 0.717) is 6.10 Å². The highest BCUT2D eigenvalue weighted by molar-refractivity contribution is 6.99. The average molecular weight is 261 g/mol. The van der Waals surface area contributed by atoms with E-state index in [-0.39, 0.29) is 6.04 Å². The highest BCUT2D eigenvalue weighted by Gasteiger charge is 2.23. The molecule has 1 fully saturated rings. The number of rotatable bonds is 5. The summed E-state index contributed by atoms with van der Waals surface area (Å²) in [6.45, 7) is 0. The normalized spacial score (nSPS) is 16.5. The van der Waals surface area contributed by atoms with Crippen LogP contribution in [-0.4, -0.2) is 21.9 Å². The van der Waals surface area contributed by atoms with Crippen molar-refractivity contribution in [2.24, 2.45) is 0 Å². The highest BCUT2D eigenvalue weighted by Crippen LogP contribution is 2.28. The summed E-state index contributed by atoms with van der Waals surface area (Å²) < 4.78 is 14.1. The largest absolute Gasteiger partial charge is 0.490 e. The van der Waals surface area contributed by atoms with E-state index >= 15 is 0 Å². The summed E-state index contributed by atoms with van der Waals surface area (Å²) >= 11 is 1.23. The van der Waals surface area contributed by atoms with Crippen LogP contribution in [0.15, 0.2) is 30.5 Å². The van der Waals surface area contributed by atoms with Gasteiger partial charge in [0.25, 0.3) is 0 Å². The molecule has 1 aromatic carbocycles. The van der Waals surface area contributed by atoms with Gasteiger partial charge in [0.05, 0.1) is 35.8 Å². The molecule has 5 heteroatoms. The first kappa shape index (κ1) is 11.6. The molecule has 1 unspecified atom stereocenters. The van der Waals surface area contributed by atoms with Crippen LogP contribution in [-0.2, 0) is 0 Å². The summed E-state index contributed by atoms with van der Waals surface area (Å²) in [5.41, 5.74) is 2.13. The Labute approximate surface area is 110 Å². The summed E-state index contributed by atoms with van der Waals surface area (Å²) in [6, 6.07) is 8.31. The van der Waals surface area contributed by atoms with E-state index < -0.39 is 0 Å². The topological polar surface area (TPSA) is 47.0 Å². The molecule has 1 aromatic heterocycles. The Kier molecular flexibility index (Phi) is 3.25. The second-order valence-corrected chi connectivity index (χ2v) is 5.00. The van der Waals surface area contributed by atoms with E-state index in [4.69, 9.17) is 4.74 Å². The standard InChI is InChI=1S/C13H15N3OS/c1-14-13(12-8-15-18-16-12)9-2-4-10(5-3-9)17-11-6-7-11/h2-5,8,11,13-14H,6-7H2,1H3. The third kappa shape index (κ3) is 2.52. The Morgan fingerprint density at radius 2 is 2.11 bits per heavy atom. The van der Waals surface area contributed by atoms with Crippen LogP contribution in [0.3, 0.4) is 0 Å². The lowest BCUT2D eigenvalue weighted by molar-refractivity contribution is 0.303. The quantitative estimate of drug-likeness (QED) is 0.897. The molecule has 1 aliphatic carbocycles. The van der Waals surface area contributed by atoms with Crippen LogP contribution in [0.1, 0.15) is 30.1 Å². The van der Waals surface area contributed by atoms with Crippen molar-refractivity contribution in [3.63, 3.8) is 0 Å². The Balaban J connectivity index is 1.77. The molecule has 0 radical (unpaired) electrons. The third-order valence-electron chi connectivity index (χ3n) is 3.00. The molecule has 18 heavy (non-hydrogen) atoms. The van der Waals surface area contributed by atoms with Crippen LogP contribution in [0.2, 0.25) is 0 Å². The minimum absolute atomic E-state index is 0.0960. The molecule has 1 atom stereocenters. The van der Waals surface area contributed by atoms with E-state index in [2.05, 4.69) is 26.2 Å². The lowest BCUT2D eigenvalue weighted by atomic mass is 10.0. The average Bonchev–Trinajstić information content (AvgIpc) is 3.05. The van der Waals surface area contributed by atoms with Gasteiger partial charge in [-0.3, -0.25) is 0 Å². The molecule has 94 valence electrons. The van der Waals surface area contributed by atoms with Gasteiger partial charge >= 0.3 is 0 Å². The fourth-order valence-electron chi connectivity index (χ4n) is 1.90. The van der Waals surface area contributed by atoms with Crippen molar-refractivity contribution in [2.75, 3.05) is 7.05 Å². The highest BCUT2D eigenvalue weighted by atomic mass is 32.1. The first-order valence-corrected chi connectivity index (χ1v) is 6.81. The summed E-state index contributed by atoms with van der Waals surface area (Å²) in [5.74, 6) is 0.951. The molecular formula is C13H15N3OS. The summed E-state index contributed by atoms with van der Waals surface area (Å²) in [4.78, 5) is 0. The number of nitrogens with one attached hydrogen (secondary N) is 1. The Morgan fingerprint density at radius 3 is 2.67 bits per heavy atom. The van der Waals surface area contributed by atoms with Gasteiger partial charge < -0.3 is 10.1 Å². The van der Waals surface area contributed by atoms with Gasteiger partial charge in [0.1, 0.15) is 5.75 Å². The van der Waals surface area contributed by atoms with Gasteiger partial charge in [0, 0.05) is 0 Å². The summed E-state index contributed by atoms with van der Waals surface area (Å²) in [7, 11) is 1.93. The molecular weight excluding hydrogens is 246 g/mol. The van der Waals surface area contributed by atoms with Gasteiger partial charge in [0.2, 0.25) is 0 Å². The predicted molar refractivity (Wildman–Crippen MR) is 70.9 cm³/mol. The molecule has 0 saturated heterocycles. The van der Waals surface area contributed by atoms with Crippen LogP contribution in [0, 0.1) is 0 Å². The smallest absolute Gasteiger partial charge is 0.119 e. The number of aromatic nitrogens is 2. The van der Waals surface area contributed by atoms with Gasteiger partial charge in [0.15, 0.2) is 0 Å². The van der Waals surface area contributed by atoms with E-state index in [1.807, 2.05) is 19.2 Å². The number of hydrogen-bond donors (Lipinski definition) is 1. The van der Waals surface area contributed by atoms with Crippen LogP contribution < -0.4 is 10.1 Å². The van der Waals surface area contributed by atoms with Crippen LogP contribution in [0.25, 0.3) is 0 Å². The van der Waals surface area contributed by atoms with E-state index in [0.717, 1.165) is 11.4 Å². The maximum absolute atomic E-state index is 5.74. The molecule has 0 amide bonds. The van der Waals surface area contributed by atoms with Crippen LogP contribution in [0.4, 0.5) is 0 Å². The number of benzene rings is 1. The maximum atomic E-state index is 5.74. The lowest BCUT2D eigenvalue weighted by Crippen LogP contribution is -2.17. The van der Waals surface area contributed by atoms with Crippen molar-refractivity contribution in [1.29, 1.82) is 0 Å². The molecule has 0 bridgehead atoms. The Morgan fingerprint density at radius 1 is 1.33 bits per heavy atom. The van der Waals surface area contributed by atoms with Crippen molar-refractivity contribution in [1.82, 2.24) is 14.1 Å². The molecule has 3 rings (SSSR count). The van der Waals surface area contributed by atoms with Gasteiger partial charge in [-0.05, 0) is 37.6 Å². The fraction of sp³-hybridized carbons (Fsp3) is 0.385. The van der Waals surface area contributed by atoms with Gasteiger partial charge in [-0.2, -0.15) is 8.75 Å². The fourth-order valence-corrected chi connectivity index (χ4v) is 2.35. The van der Waals surface area contributed by atoms with E-state index in [1.165, 1.54) is 30.1 Å². The van der Waals surface area contributed by atoms with Gasteiger partial charge in [-0.25, -0.2) is 0 Å². The van der Waals surface area contributed by atoms with Crippen LogP contribution in [0.5, 0.6) is 5.75 Å². The zero-order valence-electron chi connectivity index (χ0n) is 10.2. The molecule has 4 nitrogen and oxygen atoms in total. The SMILES string of the molecule is CNC(c1ccc(OC2CC2)cc1)c1cnsn1. The number of hydrogen-bond acceptors (Lipinski definition) is 5. The van der Waals surface area contributed by atoms with Crippen molar-refractivity contribution >= 4 is 11.7 Å². The predicted octanol–water partition coefficient (Wildman–Crippen LogP) is 2.39. The molecule has 1 saturated carbocycles. The first-order chi connectivity index (χ1) is 8.86. The van der Waals surface area contributed by atoms with E-state index in [1.54, 1.807) is 6.20 Å².